The number of aliphatic imine (C=N–C) groups is 1. The summed E-state index contributed by atoms with van der Waals surface area (Å²) < 4.78 is 57.2. The van der Waals surface area contributed by atoms with Gasteiger partial charge in [0.05, 0.1) is 31.4 Å². The predicted molar refractivity (Wildman–Crippen MR) is 184 cm³/mol. The molecule has 5 heterocycles. The number of aryl methyl sites for hydroxylation is 1. The molecule has 2 aromatic heterocycles. The van der Waals surface area contributed by atoms with Crippen molar-refractivity contribution in [3.8, 4) is 11.1 Å². The van der Waals surface area contributed by atoms with Crippen LogP contribution in [0.25, 0.3) is 11.1 Å². The number of amidine groups is 1. The molecule has 2 aromatic carbocycles. The fourth-order valence-corrected chi connectivity index (χ4v) is 8.19. The molecule has 11 nitrogen and oxygen atoms in total. The molecular formula is C37H33F3N6O5S. The Morgan fingerprint density at radius 3 is 2.44 bits per heavy atom. The van der Waals surface area contributed by atoms with E-state index in [4.69, 9.17) is 19.3 Å². The minimum Gasteiger partial charge on any atom is -0.463 e. The maximum Gasteiger partial charge on any atom is 0.434 e. The van der Waals surface area contributed by atoms with E-state index in [0.717, 1.165) is 22.3 Å². The zero-order valence-electron chi connectivity index (χ0n) is 28.1. The van der Waals surface area contributed by atoms with E-state index in [1.807, 2.05) is 48.5 Å². The maximum atomic E-state index is 16.0. The minimum absolute atomic E-state index is 0.0431. The van der Waals surface area contributed by atoms with Gasteiger partial charge in [0.2, 0.25) is 5.95 Å². The van der Waals surface area contributed by atoms with E-state index in [0.29, 0.717) is 27.2 Å². The normalized spacial score (nSPS) is 22.1. The van der Waals surface area contributed by atoms with Crippen molar-refractivity contribution in [3.63, 3.8) is 0 Å². The average molecular weight is 731 g/mol. The van der Waals surface area contributed by atoms with Gasteiger partial charge in [-0.05, 0) is 42.2 Å². The van der Waals surface area contributed by atoms with Crippen molar-refractivity contribution in [1.82, 2.24) is 25.2 Å². The Balaban J connectivity index is 1.07. The molecule has 0 spiro atoms. The van der Waals surface area contributed by atoms with Crippen LogP contribution in [0.4, 0.5) is 18.0 Å². The number of fused-ring (bicyclic) bond motifs is 4. The van der Waals surface area contributed by atoms with E-state index in [9.17, 15) is 14.0 Å². The molecule has 4 aliphatic rings. The molecule has 52 heavy (non-hydrogen) atoms. The van der Waals surface area contributed by atoms with Crippen molar-refractivity contribution >= 4 is 29.2 Å². The standard InChI is InChI=1S/C37H33F3N6O5S/c1-3-49-35(47)30-27(43-33(34-41-14-15-52-34)44-31(30)21-12-13-29(38)42-20(21)2)16-45-19-37(39,40)32-28(45)18-51-46(32)36(48)50-17-26-24-10-6-4-8-22(24)23-9-5-7-11-25(23)26/h4-15,26,28,31-32H,3,16-19H2,1-2H3,(H,43,44)/t28-,31?,32+/m0/s1. The summed E-state index contributed by atoms with van der Waals surface area (Å²) in [6, 6.07) is 14.7. The third kappa shape index (κ3) is 5.91. The molecule has 8 rings (SSSR count). The number of nitrogens with one attached hydrogen (secondary N) is 1. The number of esters is 1. The monoisotopic (exact) mass is 730 g/mol. The van der Waals surface area contributed by atoms with Crippen molar-refractivity contribution < 1.29 is 37.1 Å². The number of hydrogen-bond acceptors (Lipinski definition) is 11. The fourth-order valence-electron chi connectivity index (χ4n) is 7.60. The number of pyridine rings is 1. The summed E-state index contributed by atoms with van der Waals surface area (Å²) in [5, 5.41) is 6.07. The Hall–Kier alpha value is -5.12. The van der Waals surface area contributed by atoms with E-state index in [1.165, 1.54) is 28.4 Å². The topological polar surface area (TPSA) is 118 Å². The van der Waals surface area contributed by atoms with Crippen LogP contribution in [0, 0.1) is 12.9 Å². The molecule has 1 aliphatic carbocycles. The number of halogens is 3. The van der Waals surface area contributed by atoms with Crippen LogP contribution < -0.4 is 5.32 Å². The number of carbonyl (C=O) groups is 2. The summed E-state index contributed by atoms with van der Waals surface area (Å²) in [4.78, 5) is 47.3. The number of hydroxylamine groups is 2. The van der Waals surface area contributed by atoms with Gasteiger partial charge in [-0.1, -0.05) is 54.6 Å². The van der Waals surface area contributed by atoms with Gasteiger partial charge in [0, 0.05) is 41.0 Å². The van der Waals surface area contributed by atoms with Crippen LogP contribution in [-0.4, -0.2) is 88.7 Å². The summed E-state index contributed by atoms with van der Waals surface area (Å²) in [5.74, 6) is -4.77. The highest BCUT2D eigenvalue weighted by Crippen LogP contribution is 2.46. The first-order valence-electron chi connectivity index (χ1n) is 16.8. The lowest BCUT2D eigenvalue weighted by Crippen LogP contribution is -2.48. The highest BCUT2D eigenvalue weighted by Gasteiger charge is 2.63. The van der Waals surface area contributed by atoms with Crippen LogP contribution in [0.1, 0.15) is 46.3 Å². The fraction of sp³-hybridized carbons (Fsp3) is 0.324. The van der Waals surface area contributed by atoms with Gasteiger partial charge >= 0.3 is 12.1 Å². The lowest BCUT2D eigenvalue weighted by atomic mass is 9.94. The van der Waals surface area contributed by atoms with Crippen molar-refractivity contribution in [1.29, 1.82) is 0 Å². The molecule has 15 heteroatoms. The number of benzene rings is 2. The number of likely N-dealkylation sites (tertiary alicyclic amines) is 1. The predicted octanol–water partition coefficient (Wildman–Crippen LogP) is 5.78. The molecule has 0 bridgehead atoms. The van der Waals surface area contributed by atoms with E-state index < -0.39 is 48.6 Å². The smallest absolute Gasteiger partial charge is 0.434 e. The molecule has 0 radical (unpaired) electrons. The van der Waals surface area contributed by atoms with E-state index in [-0.39, 0.29) is 43.6 Å². The van der Waals surface area contributed by atoms with Crippen LogP contribution in [0.5, 0.6) is 0 Å². The maximum absolute atomic E-state index is 16.0. The highest BCUT2D eigenvalue weighted by molar-refractivity contribution is 7.11. The molecule has 1 amide bonds. The number of carbonyl (C=O) groups excluding carboxylic acids is 2. The first-order chi connectivity index (χ1) is 25.1. The molecule has 1 unspecified atom stereocenters. The Bertz CT molecular complexity index is 2060. The number of amides is 1. The van der Waals surface area contributed by atoms with Gasteiger partial charge in [-0.25, -0.2) is 28.3 Å². The SMILES string of the molecule is CCOC(=O)C1=C(CN2CC(F)(F)[C@H]3[C@@H]2CON3C(=O)OCC2c3ccccc3-c3ccccc32)NC(c2nccs2)=NC1c1ccc(F)nc1C. The third-order valence-corrected chi connectivity index (χ3v) is 10.6. The van der Waals surface area contributed by atoms with Gasteiger partial charge < -0.3 is 14.8 Å². The molecule has 2 saturated heterocycles. The Morgan fingerprint density at radius 2 is 1.77 bits per heavy atom. The van der Waals surface area contributed by atoms with Crippen molar-refractivity contribution in [2.75, 3.05) is 32.9 Å². The van der Waals surface area contributed by atoms with Gasteiger partial charge in [-0.3, -0.25) is 14.7 Å². The van der Waals surface area contributed by atoms with Crippen LogP contribution >= 0.6 is 11.3 Å². The highest BCUT2D eigenvalue weighted by atomic mass is 32.1. The second kappa shape index (κ2) is 13.5. The summed E-state index contributed by atoms with van der Waals surface area (Å²) >= 11 is 1.29. The average Bonchev–Trinajstić information content (AvgIpc) is 3.92. The molecule has 4 aromatic rings. The number of ether oxygens (including phenoxy) is 2. The quantitative estimate of drug-likeness (QED) is 0.178. The van der Waals surface area contributed by atoms with E-state index in [1.54, 1.807) is 25.4 Å². The largest absolute Gasteiger partial charge is 0.463 e. The van der Waals surface area contributed by atoms with Crippen LogP contribution in [-0.2, 0) is 19.1 Å². The van der Waals surface area contributed by atoms with Gasteiger partial charge in [0.25, 0.3) is 5.92 Å². The Labute approximate surface area is 300 Å². The van der Waals surface area contributed by atoms with Crippen molar-refractivity contribution in [2.24, 2.45) is 4.99 Å². The van der Waals surface area contributed by atoms with Gasteiger partial charge in [0.1, 0.15) is 18.7 Å². The van der Waals surface area contributed by atoms with Crippen LogP contribution in [0.3, 0.4) is 0 Å². The first kappa shape index (κ1) is 34.0. The first-order valence-corrected chi connectivity index (χ1v) is 17.7. The lowest BCUT2D eigenvalue weighted by Gasteiger charge is -2.30. The number of alkyl halides is 2. The Morgan fingerprint density at radius 1 is 1.04 bits per heavy atom. The number of aromatic nitrogens is 2. The van der Waals surface area contributed by atoms with Gasteiger partial charge in [-0.2, -0.15) is 9.45 Å². The lowest BCUT2D eigenvalue weighted by molar-refractivity contribution is -0.161. The summed E-state index contributed by atoms with van der Waals surface area (Å²) in [6.07, 6.45) is 0.587. The molecule has 2 fully saturated rings. The number of thiazole rings is 1. The second-order valence-corrected chi connectivity index (χ2v) is 13.8. The summed E-state index contributed by atoms with van der Waals surface area (Å²) in [5.41, 5.74) is 5.12. The van der Waals surface area contributed by atoms with Crippen molar-refractivity contribution in [2.45, 2.75) is 43.8 Å². The number of nitrogens with zero attached hydrogens (tertiary/aromatic N) is 5. The van der Waals surface area contributed by atoms with E-state index >= 15 is 8.78 Å². The van der Waals surface area contributed by atoms with Crippen LogP contribution in [0.2, 0.25) is 0 Å². The molecular weight excluding hydrogens is 698 g/mol. The third-order valence-electron chi connectivity index (χ3n) is 9.84. The zero-order valence-corrected chi connectivity index (χ0v) is 28.9. The number of hydrogen-bond donors (Lipinski definition) is 1. The van der Waals surface area contributed by atoms with Crippen LogP contribution in [0.15, 0.2) is 88.5 Å². The van der Waals surface area contributed by atoms with Crippen molar-refractivity contribution in [3.05, 3.63) is 117 Å². The molecule has 268 valence electrons. The van der Waals surface area contributed by atoms with E-state index in [2.05, 4.69) is 15.3 Å². The summed E-state index contributed by atoms with van der Waals surface area (Å²) in [6.45, 7) is 2.11. The Kier molecular flexibility index (Phi) is 8.79. The minimum atomic E-state index is -3.39. The zero-order chi connectivity index (χ0) is 36.1. The number of rotatable bonds is 8. The van der Waals surface area contributed by atoms with Gasteiger partial charge in [-0.15, -0.1) is 11.3 Å². The molecule has 0 saturated carbocycles. The summed E-state index contributed by atoms with van der Waals surface area (Å²) in [7, 11) is 0. The molecule has 3 atom stereocenters. The second-order valence-electron chi connectivity index (χ2n) is 12.9. The molecule has 1 N–H and O–H groups in total. The van der Waals surface area contributed by atoms with Gasteiger partial charge in [0.15, 0.2) is 10.8 Å². The molecule has 3 aliphatic heterocycles.